The van der Waals surface area contributed by atoms with E-state index in [1.54, 1.807) is 48.9 Å². The summed E-state index contributed by atoms with van der Waals surface area (Å²) in [5.74, 6) is -0.378. The van der Waals surface area contributed by atoms with Crippen LogP contribution in [-0.2, 0) is 10.2 Å². The summed E-state index contributed by atoms with van der Waals surface area (Å²) in [7, 11) is 1.60. The number of hydrogen-bond donors (Lipinski definition) is 1. The molecule has 4 rings (SSSR count). The molecule has 196 valence electrons. The van der Waals surface area contributed by atoms with Gasteiger partial charge < -0.3 is 15.4 Å². The fraction of sp³-hybridized carbons (Fsp3) is 0.464. The van der Waals surface area contributed by atoms with Gasteiger partial charge in [0.05, 0.1) is 18.8 Å². The van der Waals surface area contributed by atoms with Crippen molar-refractivity contribution in [1.29, 1.82) is 0 Å². The smallest absolute Gasteiger partial charge is 0.255 e. The molecule has 1 aliphatic rings. The number of benzene rings is 1. The highest BCUT2D eigenvalue weighted by Crippen LogP contribution is 2.54. The van der Waals surface area contributed by atoms with Gasteiger partial charge in [-0.2, -0.15) is 0 Å². The first-order valence-corrected chi connectivity index (χ1v) is 13.3. The summed E-state index contributed by atoms with van der Waals surface area (Å²) in [5, 5.41) is 2.61. The van der Waals surface area contributed by atoms with E-state index in [0.29, 0.717) is 29.8 Å². The molecule has 1 aromatic carbocycles. The Hall–Kier alpha value is -3.33. The molecule has 8 nitrogen and oxygen atoms in total. The molecule has 9 heteroatoms. The Morgan fingerprint density at radius 3 is 2.51 bits per heavy atom. The van der Waals surface area contributed by atoms with E-state index in [4.69, 9.17) is 10.5 Å². The molecule has 1 aliphatic heterocycles. The van der Waals surface area contributed by atoms with E-state index in [2.05, 4.69) is 35.7 Å². The van der Waals surface area contributed by atoms with Gasteiger partial charge in [0.2, 0.25) is 5.91 Å². The van der Waals surface area contributed by atoms with E-state index in [1.807, 2.05) is 25.3 Å². The number of aromatic nitrogens is 3. The first-order valence-electron chi connectivity index (χ1n) is 12.5. The predicted molar refractivity (Wildman–Crippen MR) is 143 cm³/mol. The zero-order chi connectivity index (χ0) is 27.0. The molecule has 3 heterocycles. The molecule has 2 N–H and O–H groups in total. The lowest BCUT2D eigenvalue weighted by atomic mass is 9.82. The number of methoxy groups -OCH3 is 1. The SMILES string of the molecule is COc1cc(C(=O)N2[C@@H](c3nccs3)[C@@H](c3cnccn3)C[C@@]2(CC(C)C)C(N)=O)ccc1C(C)(C)C. The molecule has 0 saturated carbocycles. The first kappa shape index (κ1) is 26.7. The summed E-state index contributed by atoms with van der Waals surface area (Å²) in [6, 6.07) is 4.97. The average Bonchev–Trinajstić information content (AvgIpc) is 3.49. The van der Waals surface area contributed by atoms with E-state index in [0.717, 1.165) is 10.6 Å². The van der Waals surface area contributed by atoms with Gasteiger partial charge in [-0.1, -0.05) is 40.7 Å². The van der Waals surface area contributed by atoms with Crippen molar-refractivity contribution in [3.05, 3.63) is 70.2 Å². The van der Waals surface area contributed by atoms with Crippen LogP contribution in [0.4, 0.5) is 0 Å². The summed E-state index contributed by atoms with van der Waals surface area (Å²) in [6.07, 6.45) is 7.41. The second kappa shape index (κ2) is 10.2. The third-order valence-corrected chi connectivity index (χ3v) is 7.87. The van der Waals surface area contributed by atoms with Gasteiger partial charge >= 0.3 is 0 Å². The molecule has 2 aromatic heterocycles. The van der Waals surface area contributed by atoms with Crippen LogP contribution in [0.5, 0.6) is 5.75 Å². The molecule has 37 heavy (non-hydrogen) atoms. The minimum atomic E-state index is -1.22. The maximum absolute atomic E-state index is 14.5. The van der Waals surface area contributed by atoms with Crippen molar-refractivity contribution in [3.8, 4) is 5.75 Å². The minimum absolute atomic E-state index is 0.109. The van der Waals surface area contributed by atoms with Crippen LogP contribution >= 0.6 is 11.3 Å². The van der Waals surface area contributed by atoms with Crippen LogP contribution in [0.1, 0.15) is 86.0 Å². The number of likely N-dealkylation sites (tertiary alicyclic amines) is 1. The van der Waals surface area contributed by atoms with Crippen LogP contribution in [-0.4, -0.2) is 44.3 Å². The zero-order valence-electron chi connectivity index (χ0n) is 22.3. The summed E-state index contributed by atoms with van der Waals surface area (Å²) >= 11 is 1.45. The third kappa shape index (κ3) is 4.97. The molecule has 0 bridgehead atoms. The number of ether oxygens (including phenoxy) is 1. The van der Waals surface area contributed by atoms with Crippen LogP contribution < -0.4 is 10.5 Å². The zero-order valence-corrected chi connectivity index (χ0v) is 23.1. The maximum atomic E-state index is 14.5. The number of hydrogen-bond acceptors (Lipinski definition) is 7. The molecule has 2 amide bonds. The van der Waals surface area contributed by atoms with E-state index >= 15 is 0 Å². The monoisotopic (exact) mass is 521 g/mol. The van der Waals surface area contributed by atoms with Crippen molar-refractivity contribution in [1.82, 2.24) is 19.9 Å². The van der Waals surface area contributed by atoms with Crippen LogP contribution in [0.3, 0.4) is 0 Å². The lowest BCUT2D eigenvalue weighted by Crippen LogP contribution is -2.57. The number of thiazole rings is 1. The molecule has 1 saturated heterocycles. The number of rotatable bonds is 7. The average molecular weight is 522 g/mol. The molecular formula is C28H35N5O3S. The van der Waals surface area contributed by atoms with Gasteiger partial charge in [0, 0.05) is 41.6 Å². The van der Waals surface area contributed by atoms with E-state index in [1.165, 1.54) is 11.3 Å². The Kier molecular flexibility index (Phi) is 7.37. The normalized spacial score (nSPS) is 21.9. The van der Waals surface area contributed by atoms with Gasteiger partial charge in [0.25, 0.3) is 5.91 Å². The molecular weight excluding hydrogens is 486 g/mol. The molecule has 0 spiro atoms. The fourth-order valence-corrected chi connectivity index (χ4v) is 6.32. The largest absolute Gasteiger partial charge is 0.496 e. The summed E-state index contributed by atoms with van der Waals surface area (Å²) < 4.78 is 5.69. The highest BCUT2D eigenvalue weighted by atomic mass is 32.1. The van der Waals surface area contributed by atoms with E-state index in [9.17, 15) is 9.59 Å². The lowest BCUT2D eigenvalue weighted by molar-refractivity contribution is -0.129. The van der Waals surface area contributed by atoms with Crippen LogP contribution in [0.2, 0.25) is 0 Å². The Labute approximate surface area is 222 Å². The number of carbonyl (C=O) groups excluding carboxylic acids is 2. The van der Waals surface area contributed by atoms with Crippen molar-refractivity contribution >= 4 is 23.2 Å². The van der Waals surface area contributed by atoms with Crippen molar-refractivity contribution in [3.63, 3.8) is 0 Å². The van der Waals surface area contributed by atoms with Gasteiger partial charge in [-0.25, -0.2) is 4.98 Å². The first-order chi connectivity index (χ1) is 17.5. The standard InChI is InChI=1S/C28H35N5O3S/c1-17(2)14-28(26(29)35)15-19(21-16-30-9-10-31-21)23(24-32-11-12-37-24)33(28)25(34)18-7-8-20(27(3,4)5)22(13-18)36-6/h7-13,16-17,19,23H,14-15H2,1-6H3,(H2,29,35)/t19-,23-,28+/m1/s1. The van der Waals surface area contributed by atoms with Gasteiger partial charge in [-0.05, 0) is 41.9 Å². The Balaban J connectivity index is 1.93. The number of nitrogens with two attached hydrogens (primary N) is 1. The molecule has 1 fully saturated rings. The molecule has 3 aromatic rings. The Morgan fingerprint density at radius 1 is 1.22 bits per heavy atom. The van der Waals surface area contributed by atoms with Crippen molar-refractivity contribution in [2.45, 2.75) is 70.4 Å². The number of nitrogens with zero attached hydrogens (tertiary/aromatic N) is 4. The number of amides is 2. The highest BCUT2D eigenvalue weighted by Gasteiger charge is 2.59. The van der Waals surface area contributed by atoms with Gasteiger partial charge in [-0.3, -0.25) is 19.6 Å². The predicted octanol–water partition coefficient (Wildman–Crippen LogP) is 4.88. The topological polar surface area (TPSA) is 111 Å². The van der Waals surface area contributed by atoms with Crippen LogP contribution in [0.15, 0.2) is 48.4 Å². The Bertz CT molecular complexity index is 1260. The van der Waals surface area contributed by atoms with Gasteiger partial charge in [-0.15, -0.1) is 11.3 Å². The molecule has 0 radical (unpaired) electrons. The van der Waals surface area contributed by atoms with Crippen molar-refractivity contribution in [2.24, 2.45) is 11.7 Å². The van der Waals surface area contributed by atoms with Crippen molar-refractivity contribution < 1.29 is 14.3 Å². The third-order valence-electron chi connectivity index (χ3n) is 7.03. The Morgan fingerprint density at radius 2 is 1.97 bits per heavy atom. The molecule has 0 aliphatic carbocycles. The summed E-state index contributed by atoms with van der Waals surface area (Å²) in [6.45, 7) is 10.3. The highest BCUT2D eigenvalue weighted by molar-refractivity contribution is 7.09. The number of primary amides is 1. The van der Waals surface area contributed by atoms with E-state index < -0.39 is 17.5 Å². The summed E-state index contributed by atoms with van der Waals surface area (Å²) in [4.78, 5) is 42.9. The lowest BCUT2D eigenvalue weighted by Gasteiger charge is -2.39. The van der Waals surface area contributed by atoms with Crippen molar-refractivity contribution in [2.75, 3.05) is 7.11 Å². The van der Waals surface area contributed by atoms with Crippen LogP contribution in [0.25, 0.3) is 0 Å². The maximum Gasteiger partial charge on any atom is 0.255 e. The molecule has 3 atom stereocenters. The van der Waals surface area contributed by atoms with Gasteiger partial charge in [0.15, 0.2) is 0 Å². The van der Waals surface area contributed by atoms with E-state index in [-0.39, 0.29) is 23.2 Å². The quantitative estimate of drug-likeness (QED) is 0.474. The fourth-order valence-electron chi connectivity index (χ4n) is 5.53. The second-order valence-corrected chi connectivity index (χ2v) is 12.0. The van der Waals surface area contributed by atoms with Crippen LogP contribution in [0, 0.1) is 5.92 Å². The second-order valence-electron chi connectivity index (χ2n) is 11.1. The summed E-state index contributed by atoms with van der Waals surface area (Å²) in [5.41, 5.74) is 6.90. The van der Waals surface area contributed by atoms with Gasteiger partial charge in [0.1, 0.15) is 16.3 Å². The number of carbonyl (C=O) groups is 2. The molecule has 0 unspecified atom stereocenters. The minimum Gasteiger partial charge on any atom is -0.496 e.